The molecule has 172 valence electrons. The number of hydrogen-bond donors (Lipinski definition) is 0. The Balaban J connectivity index is 1.38. The van der Waals surface area contributed by atoms with Crippen LogP contribution in [0.3, 0.4) is 0 Å². The first-order valence-electron chi connectivity index (χ1n) is 11.1. The Morgan fingerprint density at radius 1 is 0.486 bits per heavy atom. The van der Waals surface area contributed by atoms with Gasteiger partial charge in [-0.3, -0.25) is 9.98 Å². The Bertz CT molecular complexity index is 1340. The Morgan fingerprint density at radius 2 is 0.857 bits per heavy atom. The number of hydrogen-bond acceptors (Lipinski definition) is 4. The van der Waals surface area contributed by atoms with E-state index in [9.17, 15) is 8.42 Å². The molecule has 4 aromatic rings. The van der Waals surface area contributed by atoms with Gasteiger partial charge in [-0.1, -0.05) is 72.8 Å². The molecule has 4 nitrogen and oxygen atoms in total. The van der Waals surface area contributed by atoms with Gasteiger partial charge in [0.15, 0.2) is 0 Å². The highest BCUT2D eigenvalue weighted by atomic mass is 32.2. The summed E-state index contributed by atoms with van der Waals surface area (Å²) in [6.45, 7) is 0. The number of aliphatic imine (C=N–C) groups is 2. The summed E-state index contributed by atoms with van der Waals surface area (Å²) in [5.41, 5.74) is 3.52. The second-order valence-electron chi connectivity index (χ2n) is 7.59. The average Bonchev–Trinajstić information content (AvgIpc) is 2.91. The first-order chi connectivity index (χ1) is 17.1. The van der Waals surface area contributed by atoms with Gasteiger partial charge in [-0.2, -0.15) is 0 Å². The summed E-state index contributed by atoms with van der Waals surface area (Å²) in [6, 6.07) is 32.9. The molecule has 0 unspecified atom stereocenters. The highest BCUT2D eigenvalue weighted by molar-refractivity contribution is 7.91. The van der Waals surface area contributed by atoms with Crippen molar-refractivity contribution in [3.63, 3.8) is 0 Å². The molecule has 0 saturated heterocycles. The lowest BCUT2D eigenvalue weighted by molar-refractivity contribution is 0.596. The Labute approximate surface area is 206 Å². The van der Waals surface area contributed by atoms with Gasteiger partial charge >= 0.3 is 0 Å². The normalized spacial score (nSPS) is 12.3. The zero-order chi connectivity index (χ0) is 24.3. The predicted molar refractivity (Wildman–Crippen MR) is 146 cm³/mol. The predicted octanol–water partition coefficient (Wildman–Crippen LogP) is 7.35. The van der Waals surface area contributed by atoms with Gasteiger partial charge in [-0.05, 0) is 71.8 Å². The van der Waals surface area contributed by atoms with Crippen molar-refractivity contribution in [1.82, 2.24) is 0 Å². The number of sulfone groups is 1. The summed E-state index contributed by atoms with van der Waals surface area (Å²) in [7, 11) is -3.63. The van der Waals surface area contributed by atoms with Gasteiger partial charge in [0, 0.05) is 12.4 Å². The maximum Gasteiger partial charge on any atom is 0.206 e. The minimum Gasteiger partial charge on any atom is -0.257 e. The zero-order valence-corrected chi connectivity index (χ0v) is 19.8. The molecule has 0 amide bonds. The summed E-state index contributed by atoms with van der Waals surface area (Å²) in [6.07, 6.45) is 11.0. The molecule has 0 atom stereocenters. The van der Waals surface area contributed by atoms with E-state index in [0.29, 0.717) is 11.4 Å². The van der Waals surface area contributed by atoms with Crippen molar-refractivity contribution >= 4 is 45.8 Å². The second kappa shape index (κ2) is 11.7. The molecule has 4 aromatic carbocycles. The lowest BCUT2D eigenvalue weighted by atomic mass is 10.2. The van der Waals surface area contributed by atoms with E-state index in [-0.39, 0.29) is 9.79 Å². The molecule has 4 rings (SSSR count). The Morgan fingerprint density at radius 3 is 1.23 bits per heavy atom. The third kappa shape index (κ3) is 6.82. The molecule has 0 aliphatic heterocycles. The molecule has 5 heteroatoms. The second-order valence-corrected chi connectivity index (χ2v) is 9.54. The van der Waals surface area contributed by atoms with Crippen LogP contribution in [-0.4, -0.2) is 20.8 Å². The van der Waals surface area contributed by atoms with Crippen molar-refractivity contribution < 1.29 is 8.42 Å². The molecular formula is C30H24N2O2S. The van der Waals surface area contributed by atoms with E-state index < -0.39 is 9.84 Å². The minimum absolute atomic E-state index is 0.221. The van der Waals surface area contributed by atoms with Gasteiger partial charge in [0.2, 0.25) is 9.84 Å². The van der Waals surface area contributed by atoms with Crippen LogP contribution in [0.15, 0.2) is 141 Å². The van der Waals surface area contributed by atoms with Gasteiger partial charge in [0.1, 0.15) is 0 Å². The number of nitrogens with zero attached hydrogens (tertiary/aromatic N) is 2. The summed E-state index contributed by atoms with van der Waals surface area (Å²) < 4.78 is 26.0. The molecular weight excluding hydrogens is 452 g/mol. The topological polar surface area (TPSA) is 58.9 Å². The van der Waals surface area contributed by atoms with Crippen molar-refractivity contribution in [3.05, 3.63) is 132 Å². The van der Waals surface area contributed by atoms with Crippen molar-refractivity contribution in [2.45, 2.75) is 9.79 Å². The minimum atomic E-state index is -3.63. The first kappa shape index (κ1) is 23.8. The van der Waals surface area contributed by atoms with Crippen LogP contribution in [0.1, 0.15) is 11.1 Å². The highest BCUT2D eigenvalue weighted by Crippen LogP contribution is 2.25. The van der Waals surface area contributed by atoms with Crippen molar-refractivity contribution in [3.8, 4) is 0 Å². The third-order valence-corrected chi connectivity index (χ3v) is 6.88. The smallest absolute Gasteiger partial charge is 0.206 e. The van der Waals surface area contributed by atoms with E-state index in [1.807, 2.05) is 85.0 Å². The molecule has 0 bridgehead atoms. The fourth-order valence-corrected chi connectivity index (χ4v) is 4.51. The number of rotatable bonds is 8. The lowest BCUT2D eigenvalue weighted by Crippen LogP contribution is -2.01. The van der Waals surface area contributed by atoms with Crippen molar-refractivity contribution in [2.75, 3.05) is 0 Å². The van der Waals surface area contributed by atoms with E-state index in [1.165, 1.54) is 0 Å². The van der Waals surface area contributed by atoms with Crippen molar-refractivity contribution in [1.29, 1.82) is 0 Å². The third-order valence-electron chi connectivity index (χ3n) is 5.09. The number of benzene rings is 4. The molecule has 0 radical (unpaired) electrons. The van der Waals surface area contributed by atoms with E-state index in [1.54, 1.807) is 61.0 Å². The van der Waals surface area contributed by atoms with Crippen LogP contribution >= 0.6 is 0 Å². The van der Waals surface area contributed by atoms with Crippen LogP contribution in [0.25, 0.3) is 12.2 Å². The van der Waals surface area contributed by atoms with Crippen LogP contribution in [0.4, 0.5) is 11.4 Å². The molecule has 0 saturated carbocycles. The van der Waals surface area contributed by atoms with Gasteiger partial charge in [0.05, 0.1) is 21.2 Å². The SMILES string of the molecule is O=S(=O)(c1ccc(N=CC=Cc2ccccc2)cc1)c1ccc(N=CC=Cc2ccccc2)cc1. The number of allylic oxidation sites excluding steroid dienone is 2. The Kier molecular flexibility index (Phi) is 7.94. The molecule has 0 N–H and O–H groups in total. The summed E-state index contributed by atoms with van der Waals surface area (Å²) >= 11 is 0. The van der Waals surface area contributed by atoms with E-state index in [0.717, 1.165) is 11.1 Å². The summed E-state index contributed by atoms with van der Waals surface area (Å²) in [5.74, 6) is 0. The molecule has 35 heavy (non-hydrogen) atoms. The van der Waals surface area contributed by atoms with E-state index >= 15 is 0 Å². The van der Waals surface area contributed by atoms with Crippen molar-refractivity contribution in [2.24, 2.45) is 9.98 Å². The lowest BCUT2D eigenvalue weighted by Gasteiger charge is -2.05. The fourth-order valence-electron chi connectivity index (χ4n) is 3.25. The maximum atomic E-state index is 13.0. The quantitative estimate of drug-likeness (QED) is 0.250. The molecule has 0 aliphatic carbocycles. The maximum absolute atomic E-state index is 13.0. The first-order valence-corrected chi connectivity index (χ1v) is 12.6. The van der Waals surface area contributed by atoms with E-state index in [4.69, 9.17) is 0 Å². The van der Waals surface area contributed by atoms with Crippen LogP contribution in [0, 0.1) is 0 Å². The molecule has 0 fully saturated rings. The standard InChI is InChI=1S/C30H24N2O2S/c33-35(34,29-19-15-27(16-20-29)31-23-7-13-25-9-3-1-4-10-25)30-21-17-28(18-22-30)32-24-8-14-26-11-5-2-6-12-26/h1-24H. The van der Waals surface area contributed by atoms with Gasteiger partial charge < -0.3 is 0 Å². The summed E-state index contributed by atoms with van der Waals surface area (Å²) in [5, 5.41) is 0. The van der Waals surface area contributed by atoms with E-state index in [2.05, 4.69) is 9.98 Å². The fraction of sp³-hybridized carbons (Fsp3) is 0. The Hall–Kier alpha value is -4.35. The molecule has 0 heterocycles. The summed E-state index contributed by atoms with van der Waals surface area (Å²) in [4.78, 5) is 9.15. The van der Waals surface area contributed by atoms with Crippen LogP contribution in [0.5, 0.6) is 0 Å². The highest BCUT2D eigenvalue weighted by Gasteiger charge is 2.17. The van der Waals surface area contributed by atoms with Gasteiger partial charge in [-0.25, -0.2) is 8.42 Å². The van der Waals surface area contributed by atoms with Gasteiger partial charge in [-0.15, -0.1) is 0 Å². The molecule has 0 spiro atoms. The molecule has 0 aliphatic rings. The average molecular weight is 477 g/mol. The van der Waals surface area contributed by atoms with Gasteiger partial charge in [0.25, 0.3) is 0 Å². The molecule has 0 aromatic heterocycles. The van der Waals surface area contributed by atoms with Crippen LogP contribution in [0.2, 0.25) is 0 Å². The zero-order valence-electron chi connectivity index (χ0n) is 19.0. The van der Waals surface area contributed by atoms with Crippen LogP contribution in [-0.2, 0) is 9.84 Å². The van der Waals surface area contributed by atoms with Crippen LogP contribution < -0.4 is 0 Å². The largest absolute Gasteiger partial charge is 0.257 e. The monoisotopic (exact) mass is 476 g/mol.